The molecule has 2 aromatic carbocycles. The zero-order valence-electron chi connectivity index (χ0n) is 13.9. The standard InChI is InChI=1S/C18H17ClN4O2/c1-22(10-14-9-15(19)5-8-17(14)25-2)18(24)13-3-6-16(7-4-13)23-12-20-11-21-23/h3-9,11-12H,10H2,1-2H3. The van der Waals surface area contributed by atoms with Gasteiger partial charge in [0.1, 0.15) is 18.4 Å². The molecule has 1 aromatic heterocycles. The van der Waals surface area contributed by atoms with Gasteiger partial charge in [0.15, 0.2) is 0 Å². The second-order valence-corrected chi connectivity index (χ2v) is 5.94. The Morgan fingerprint density at radius 1 is 1.24 bits per heavy atom. The Labute approximate surface area is 150 Å². The van der Waals surface area contributed by atoms with Crippen LogP contribution in [0.3, 0.4) is 0 Å². The Kier molecular flexibility index (Phi) is 5.00. The smallest absolute Gasteiger partial charge is 0.253 e. The summed E-state index contributed by atoms with van der Waals surface area (Å²) < 4.78 is 6.97. The molecule has 0 saturated carbocycles. The first-order chi connectivity index (χ1) is 12.1. The van der Waals surface area contributed by atoms with E-state index in [1.54, 1.807) is 60.4 Å². The summed E-state index contributed by atoms with van der Waals surface area (Å²) in [4.78, 5) is 18.2. The number of ether oxygens (including phenoxy) is 1. The van der Waals surface area contributed by atoms with Gasteiger partial charge in [-0.25, -0.2) is 9.67 Å². The van der Waals surface area contributed by atoms with Gasteiger partial charge in [-0.1, -0.05) is 11.6 Å². The second kappa shape index (κ2) is 7.36. The van der Waals surface area contributed by atoms with Crippen LogP contribution in [0.2, 0.25) is 5.02 Å². The topological polar surface area (TPSA) is 60.2 Å². The van der Waals surface area contributed by atoms with Crippen molar-refractivity contribution in [2.45, 2.75) is 6.54 Å². The van der Waals surface area contributed by atoms with Crippen LogP contribution in [0.4, 0.5) is 0 Å². The third kappa shape index (κ3) is 3.80. The number of carbonyl (C=O) groups excluding carboxylic acids is 1. The molecule has 1 heterocycles. The van der Waals surface area contributed by atoms with Crippen LogP contribution in [0.1, 0.15) is 15.9 Å². The quantitative estimate of drug-likeness (QED) is 0.704. The fraction of sp³-hybridized carbons (Fsp3) is 0.167. The molecule has 0 bridgehead atoms. The Bertz CT molecular complexity index is 863. The first kappa shape index (κ1) is 17.0. The average Bonchev–Trinajstić information content (AvgIpc) is 3.16. The molecule has 3 rings (SSSR count). The highest BCUT2D eigenvalue weighted by Crippen LogP contribution is 2.24. The number of methoxy groups -OCH3 is 1. The van der Waals surface area contributed by atoms with E-state index in [9.17, 15) is 4.79 Å². The highest BCUT2D eigenvalue weighted by atomic mass is 35.5. The van der Waals surface area contributed by atoms with Crippen molar-refractivity contribution >= 4 is 17.5 Å². The van der Waals surface area contributed by atoms with E-state index in [4.69, 9.17) is 16.3 Å². The molecule has 0 radical (unpaired) electrons. The van der Waals surface area contributed by atoms with Crippen molar-refractivity contribution in [3.05, 3.63) is 71.3 Å². The molecule has 1 amide bonds. The predicted molar refractivity (Wildman–Crippen MR) is 95.2 cm³/mol. The van der Waals surface area contributed by atoms with Gasteiger partial charge in [-0.05, 0) is 42.5 Å². The van der Waals surface area contributed by atoms with E-state index >= 15 is 0 Å². The highest BCUT2D eigenvalue weighted by Gasteiger charge is 2.14. The van der Waals surface area contributed by atoms with Gasteiger partial charge < -0.3 is 9.64 Å². The third-order valence-corrected chi connectivity index (χ3v) is 4.03. The van der Waals surface area contributed by atoms with Crippen molar-refractivity contribution in [3.8, 4) is 11.4 Å². The molecule has 0 aliphatic rings. The minimum Gasteiger partial charge on any atom is -0.496 e. The summed E-state index contributed by atoms with van der Waals surface area (Å²) in [6.45, 7) is 0.396. The number of hydrogen-bond acceptors (Lipinski definition) is 4. The molecule has 0 atom stereocenters. The van der Waals surface area contributed by atoms with Crippen LogP contribution in [0, 0.1) is 0 Å². The normalized spacial score (nSPS) is 10.5. The molecule has 128 valence electrons. The number of halogens is 1. The van der Waals surface area contributed by atoms with Crippen molar-refractivity contribution in [1.29, 1.82) is 0 Å². The molecule has 0 aliphatic heterocycles. The molecular formula is C18H17ClN4O2. The third-order valence-electron chi connectivity index (χ3n) is 3.79. The summed E-state index contributed by atoms with van der Waals surface area (Å²) >= 11 is 6.05. The largest absolute Gasteiger partial charge is 0.496 e. The summed E-state index contributed by atoms with van der Waals surface area (Å²) in [5, 5.41) is 4.67. The summed E-state index contributed by atoms with van der Waals surface area (Å²) in [5.41, 5.74) is 2.28. The molecule has 0 fully saturated rings. The lowest BCUT2D eigenvalue weighted by Gasteiger charge is -2.19. The maximum atomic E-state index is 12.6. The summed E-state index contributed by atoms with van der Waals surface area (Å²) in [6.07, 6.45) is 3.07. The van der Waals surface area contributed by atoms with E-state index in [1.165, 1.54) is 6.33 Å². The van der Waals surface area contributed by atoms with E-state index in [-0.39, 0.29) is 5.91 Å². The molecule has 0 spiro atoms. The zero-order chi connectivity index (χ0) is 17.8. The molecule has 0 unspecified atom stereocenters. The van der Waals surface area contributed by atoms with E-state index in [0.717, 1.165) is 11.3 Å². The number of nitrogens with zero attached hydrogens (tertiary/aromatic N) is 4. The van der Waals surface area contributed by atoms with E-state index < -0.39 is 0 Å². The van der Waals surface area contributed by atoms with Crippen LogP contribution in [-0.4, -0.2) is 39.7 Å². The second-order valence-electron chi connectivity index (χ2n) is 5.50. The maximum absolute atomic E-state index is 12.6. The van der Waals surface area contributed by atoms with Gasteiger partial charge >= 0.3 is 0 Å². The van der Waals surface area contributed by atoms with Crippen LogP contribution in [0.25, 0.3) is 5.69 Å². The molecule has 0 N–H and O–H groups in total. The van der Waals surface area contributed by atoms with Gasteiger partial charge in [-0.15, -0.1) is 0 Å². The first-order valence-corrected chi connectivity index (χ1v) is 7.99. The van der Waals surface area contributed by atoms with Gasteiger partial charge in [-0.2, -0.15) is 5.10 Å². The Balaban J connectivity index is 1.75. The average molecular weight is 357 g/mol. The maximum Gasteiger partial charge on any atom is 0.253 e. The minimum absolute atomic E-state index is 0.0906. The van der Waals surface area contributed by atoms with E-state index in [0.29, 0.717) is 22.9 Å². The van der Waals surface area contributed by atoms with E-state index in [1.807, 2.05) is 12.1 Å². The number of rotatable bonds is 5. The molecular weight excluding hydrogens is 340 g/mol. The number of aromatic nitrogens is 3. The van der Waals surface area contributed by atoms with Gasteiger partial charge in [0.2, 0.25) is 0 Å². The highest BCUT2D eigenvalue weighted by molar-refractivity contribution is 6.30. The van der Waals surface area contributed by atoms with Gasteiger partial charge in [0.25, 0.3) is 5.91 Å². The molecule has 0 aliphatic carbocycles. The van der Waals surface area contributed by atoms with Crippen molar-refractivity contribution in [2.24, 2.45) is 0 Å². The molecule has 7 heteroatoms. The summed E-state index contributed by atoms with van der Waals surface area (Å²) in [5.74, 6) is 0.609. The number of carbonyl (C=O) groups is 1. The zero-order valence-corrected chi connectivity index (χ0v) is 14.6. The fourth-order valence-corrected chi connectivity index (χ4v) is 2.71. The molecule has 0 saturated heterocycles. The van der Waals surface area contributed by atoms with Crippen molar-refractivity contribution < 1.29 is 9.53 Å². The Morgan fingerprint density at radius 3 is 2.64 bits per heavy atom. The number of hydrogen-bond donors (Lipinski definition) is 0. The Hall–Kier alpha value is -2.86. The molecule has 6 nitrogen and oxygen atoms in total. The van der Waals surface area contributed by atoms with Crippen LogP contribution in [0.5, 0.6) is 5.75 Å². The van der Waals surface area contributed by atoms with E-state index in [2.05, 4.69) is 10.1 Å². The summed E-state index contributed by atoms with van der Waals surface area (Å²) in [6, 6.07) is 12.6. The monoisotopic (exact) mass is 356 g/mol. The van der Waals surface area contributed by atoms with Crippen LogP contribution in [0.15, 0.2) is 55.1 Å². The van der Waals surface area contributed by atoms with Crippen LogP contribution >= 0.6 is 11.6 Å². The SMILES string of the molecule is COc1ccc(Cl)cc1CN(C)C(=O)c1ccc(-n2cncn2)cc1. The molecule has 3 aromatic rings. The number of amides is 1. The van der Waals surface area contributed by atoms with Crippen molar-refractivity contribution in [3.63, 3.8) is 0 Å². The van der Waals surface area contributed by atoms with Gasteiger partial charge in [-0.3, -0.25) is 4.79 Å². The van der Waals surface area contributed by atoms with Gasteiger partial charge in [0, 0.05) is 29.7 Å². The molecule has 25 heavy (non-hydrogen) atoms. The lowest BCUT2D eigenvalue weighted by atomic mass is 10.1. The minimum atomic E-state index is -0.0906. The number of benzene rings is 2. The lowest BCUT2D eigenvalue weighted by Crippen LogP contribution is -2.26. The fourth-order valence-electron chi connectivity index (χ4n) is 2.52. The van der Waals surface area contributed by atoms with Gasteiger partial charge in [0.05, 0.1) is 12.8 Å². The van der Waals surface area contributed by atoms with Crippen LogP contribution in [-0.2, 0) is 6.54 Å². The Morgan fingerprint density at radius 2 is 2.00 bits per heavy atom. The van der Waals surface area contributed by atoms with Crippen molar-refractivity contribution in [1.82, 2.24) is 19.7 Å². The van der Waals surface area contributed by atoms with Crippen LogP contribution < -0.4 is 4.74 Å². The van der Waals surface area contributed by atoms with Crippen molar-refractivity contribution in [2.75, 3.05) is 14.2 Å². The lowest BCUT2D eigenvalue weighted by molar-refractivity contribution is 0.0784. The first-order valence-electron chi connectivity index (χ1n) is 7.61. The summed E-state index contributed by atoms with van der Waals surface area (Å²) in [7, 11) is 3.34. The predicted octanol–water partition coefficient (Wildman–Crippen LogP) is 3.20.